The first-order chi connectivity index (χ1) is 5.06. The number of hydrogen-bond acceptors (Lipinski definition) is 2. The van der Waals surface area contributed by atoms with Gasteiger partial charge in [-0.3, -0.25) is 9.59 Å². The summed E-state index contributed by atoms with van der Waals surface area (Å²) in [5, 5.41) is 4.25. The van der Waals surface area contributed by atoms with E-state index in [9.17, 15) is 9.59 Å². The zero-order chi connectivity index (χ0) is 8.85. The summed E-state index contributed by atoms with van der Waals surface area (Å²) in [5.41, 5.74) is 0. The van der Waals surface area contributed by atoms with E-state index in [1.165, 1.54) is 13.0 Å². The second-order valence-corrected chi connectivity index (χ2v) is 2.27. The van der Waals surface area contributed by atoms with Crippen LogP contribution in [0.5, 0.6) is 0 Å². The second kappa shape index (κ2) is 4.79. The van der Waals surface area contributed by atoms with Gasteiger partial charge >= 0.3 is 0 Å². The van der Waals surface area contributed by atoms with Crippen LogP contribution in [-0.2, 0) is 4.79 Å². The quantitative estimate of drug-likeness (QED) is 0.327. The smallest absolute Gasteiger partial charge is 0.277 e. The van der Waals surface area contributed by atoms with E-state index in [0.717, 1.165) is 0 Å². The average Bonchev–Trinajstić information content (AvgIpc) is 1.84. The normalized spacial score (nSPS) is 11.5. The first-order valence-corrected chi connectivity index (χ1v) is 3.40. The Labute approximate surface area is 70.5 Å². The van der Waals surface area contributed by atoms with E-state index >= 15 is 0 Å². The van der Waals surface area contributed by atoms with Crippen molar-refractivity contribution in [3.63, 3.8) is 0 Å². The van der Waals surface area contributed by atoms with Gasteiger partial charge in [0.05, 0.1) is 0 Å². The lowest BCUT2D eigenvalue weighted by molar-refractivity contribution is -0.119. The molecule has 0 aliphatic rings. The van der Waals surface area contributed by atoms with Gasteiger partial charge in [-0.05, 0) is 6.08 Å². The Balaban J connectivity index is 3.85. The molecule has 0 aromatic heterocycles. The molecule has 0 saturated heterocycles. The third-order valence-electron chi connectivity index (χ3n) is 0.873. The van der Waals surface area contributed by atoms with E-state index in [1.54, 1.807) is 0 Å². The van der Waals surface area contributed by atoms with Crippen molar-refractivity contribution in [2.24, 2.45) is 0 Å². The van der Waals surface area contributed by atoms with Gasteiger partial charge in [-0.15, -0.1) is 0 Å². The van der Waals surface area contributed by atoms with E-state index in [-0.39, 0.29) is 5.91 Å². The highest BCUT2D eigenvalue weighted by Gasteiger charge is 2.04. The molecular weight excluding hydrogens is 164 g/mol. The molecule has 11 heavy (non-hydrogen) atoms. The Bertz CT molecular complexity index is 165. The molecule has 1 unspecified atom stereocenters. The fourth-order valence-corrected chi connectivity index (χ4v) is 0.645. The third kappa shape index (κ3) is 5.47. The highest BCUT2D eigenvalue weighted by Crippen LogP contribution is 1.83. The monoisotopic (exact) mass is 174 g/mol. The molecule has 0 heterocycles. The minimum atomic E-state index is -0.544. The highest BCUT2D eigenvalue weighted by atomic mass is 32.1. The van der Waals surface area contributed by atoms with Crippen molar-refractivity contribution >= 4 is 23.8 Å². The van der Waals surface area contributed by atoms with Gasteiger partial charge < -0.3 is 10.6 Å². The number of hydrogen-bond donors (Lipinski definition) is 3. The summed E-state index contributed by atoms with van der Waals surface area (Å²) >= 11 is 3.46. The minimum absolute atomic E-state index is 0.239. The second-order valence-electron chi connectivity index (χ2n) is 1.86. The fraction of sp³-hybridized carbons (Fsp3) is 0.333. The van der Waals surface area contributed by atoms with Gasteiger partial charge in [0.2, 0.25) is 5.91 Å². The Morgan fingerprint density at radius 2 is 2.09 bits per heavy atom. The zero-order valence-electron chi connectivity index (χ0n) is 6.13. The number of nitrogens with one attached hydrogen (secondary N) is 2. The van der Waals surface area contributed by atoms with Crippen LogP contribution in [0.2, 0.25) is 0 Å². The molecule has 0 saturated carbocycles. The van der Waals surface area contributed by atoms with Crippen LogP contribution in [-0.4, -0.2) is 17.3 Å². The molecule has 0 aromatic carbocycles. The van der Waals surface area contributed by atoms with Gasteiger partial charge in [-0.1, -0.05) is 19.2 Å². The van der Waals surface area contributed by atoms with Gasteiger partial charge in [0.15, 0.2) is 0 Å². The van der Waals surface area contributed by atoms with Crippen LogP contribution in [0.1, 0.15) is 6.92 Å². The molecule has 2 amide bonds. The largest absolute Gasteiger partial charge is 0.333 e. The van der Waals surface area contributed by atoms with Gasteiger partial charge in [-0.2, -0.15) is 0 Å². The Morgan fingerprint density at radius 3 is 2.36 bits per heavy atom. The summed E-state index contributed by atoms with van der Waals surface area (Å²) in [4.78, 5) is 20.8. The van der Waals surface area contributed by atoms with Crippen molar-refractivity contribution in [3.8, 4) is 0 Å². The number of carbonyl (C=O) groups is 2. The van der Waals surface area contributed by atoms with Gasteiger partial charge in [-0.25, -0.2) is 0 Å². The van der Waals surface area contributed by atoms with Crippen LogP contribution in [0.3, 0.4) is 0 Å². The number of amides is 2. The summed E-state index contributed by atoms with van der Waals surface area (Å²) < 4.78 is 0. The summed E-state index contributed by atoms with van der Waals surface area (Å²) in [6.07, 6.45) is 0.854. The Hall–Kier alpha value is -0.970. The molecule has 62 valence electrons. The predicted molar refractivity (Wildman–Crippen MR) is 45.3 cm³/mol. The lowest BCUT2D eigenvalue weighted by Gasteiger charge is -2.12. The molecule has 4 nitrogen and oxygen atoms in total. The standard InChI is InChI=1S/C6H10N2O2S/c1-3-5(7-4(2)9)8-6(10)11/h3,5H,1H2,2H3,(H,7,9)(H2,8,10,11). The Morgan fingerprint density at radius 1 is 1.55 bits per heavy atom. The van der Waals surface area contributed by atoms with E-state index in [2.05, 4.69) is 29.8 Å². The third-order valence-corrected chi connectivity index (χ3v) is 1.00. The van der Waals surface area contributed by atoms with Crippen LogP contribution in [0, 0.1) is 0 Å². The van der Waals surface area contributed by atoms with Crippen molar-refractivity contribution in [1.82, 2.24) is 10.6 Å². The lowest BCUT2D eigenvalue weighted by Crippen LogP contribution is -2.43. The van der Waals surface area contributed by atoms with E-state index in [1.807, 2.05) is 0 Å². The fourth-order valence-electron chi connectivity index (χ4n) is 0.506. The summed E-state index contributed by atoms with van der Waals surface area (Å²) in [6, 6.07) is 0. The van der Waals surface area contributed by atoms with Gasteiger partial charge in [0.25, 0.3) is 5.24 Å². The van der Waals surface area contributed by atoms with Crippen molar-refractivity contribution < 1.29 is 9.59 Å². The molecule has 0 aromatic rings. The molecule has 0 fully saturated rings. The van der Waals surface area contributed by atoms with Gasteiger partial charge in [0, 0.05) is 6.92 Å². The molecule has 0 aliphatic heterocycles. The predicted octanol–water partition coefficient (Wildman–Crippen LogP) is 0.274. The maximum Gasteiger partial charge on any atom is 0.277 e. The van der Waals surface area contributed by atoms with Crippen LogP contribution in [0.15, 0.2) is 12.7 Å². The van der Waals surface area contributed by atoms with Crippen LogP contribution >= 0.6 is 12.6 Å². The molecule has 0 aliphatic carbocycles. The maximum atomic E-state index is 10.5. The molecule has 0 spiro atoms. The molecule has 0 bridgehead atoms. The number of rotatable bonds is 3. The molecule has 0 rings (SSSR count). The van der Waals surface area contributed by atoms with E-state index < -0.39 is 11.4 Å². The molecule has 5 heteroatoms. The number of thiol groups is 1. The average molecular weight is 174 g/mol. The van der Waals surface area contributed by atoms with Crippen molar-refractivity contribution in [3.05, 3.63) is 12.7 Å². The van der Waals surface area contributed by atoms with Crippen LogP contribution < -0.4 is 10.6 Å². The first kappa shape index (κ1) is 10.0. The zero-order valence-corrected chi connectivity index (χ0v) is 7.02. The summed E-state index contributed by atoms with van der Waals surface area (Å²) in [5.74, 6) is -0.239. The van der Waals surface area contributed by atoms with Crippen LogP contribution in [0.4, 0.5) is 4.79 Å². The molecule has 0 radical (unpaired) electrons. The Kier molecular flexibility index (Phi) is 4.36. The summed E-state index contributed by atoms with van der Waals surface area (Å²) in [6.45, 7) is 4.75. The van der Waals surface area contributed by atoms with Crippen molar-refractivity contribution in [2.75, 3.05) is 0 Å². The highest BCUT2D eigenvalue weighted by molar-refractivity contribution is 7.96. The summed E-state index contributed by atoms with van der Waals surface area (Å²) in [7, 11) is 0. The van der Waals surface area contributed by atoms with E-state index in [4.69, 9.17) is 0 Å². The topological polar surface area (TPSA) is 58.2 Å². The lowest BCUT2D eigenvalue weighted by atomic mass is 10.4. The van der Waals surface area contributed by atoms with E-state index in [0.29, 0.717) is 0 Å². The minimum Gasteiger partial charge on any atom is -0.333 e. The SMILES string of the molecule is C=CC(NC(C)=O)NC(=O)S. The maximum absolute atomic E-state index is 10.5. The molecule has 2 N–H and O–H groups in total. The van der Waals surface area contributed by atoms with Crippen molar-refractivity contribution in [2.45, 2.75) is 13.1 Å². The number of carbonyl (C=O) groups excluding carboxylic acids is 2. The van der Waals surface area contributed by atoms with Gasteiger partial charge in [0.1, 0.15) is 6.17 Å². The first-order valence-electron chi connectivity index (χ1n) is 2.95. The van der Waals surface area contributed by atoms with Crippen molar-refractivity contribution in [1.29, 1.82) is 0 Å². The van der Waals surface area contributed by atoms with Crippen LogP contribution in [0.25, 0.3) is 0 Å². The molecule has 1 atom stereocenters. The molecular formula is C6H10N2O2S.